The zero-order valence-corrected chi connectivity index (χ0v) is 19.5. The van der Waals surface area contributed by atoms with Crippen LogP contribution < -0.4 is 14.8 Å². The maximum atomic E-state index is 12.3. The lowest BCUT2D eigenvalue weighted by molar-refractivity contribution is -0.0498. The van der Waals surface area contributed by atoms with Gasteiger partial charge in [0, 0.05) is 20.1 Å². The highest BCUT2D eigenvalue weighted by Gasteiger charge is 2.11. The molecule has 6 nitrogen and oxygen atoms in total. The Morgan fingerprint density at radius 3 is 2.23 bits per heavy atom. The highest BCUT2D eigenvalue weighted by atomic mass is 127. The van der Waals surface area contributed by atoms with E-state index in [1.165, 1.54) is 12.1 Å². The van der Waals surface area contributed by atoms with E-state index in [1.54, 1.807) is 43.5 Å². The average Bonchev–Trinajstić information content (AvgIpc) is 2.72. The second-order valence-electron chi connectivity index (χ2n) is 6.36. The summed E-state index contributed by atoms with van der Waals surface area (Å²) in [6.07, 6.45) is -0.742. The van der Waals surface area contributed by atoms with E-state index in [-0.39, 0.29) is 36.3 Å². The van der Waals surface area contributed by atoms with Crippen LogP contribution >= 0.6 is 24.0 Å². The third kappa shape index (κ3) is 8.31. The number of aliphatic imine (C=N–C) groups is 1. The molecule has 0 aliphatic rings. The predicted molar refractivity (Wildman–Crippen MR) is 124 cm³/mol. The summed E-state index contributed by atoms with van der Waals surface area (Å²) < 4.78 is 34.0. The van der Waals surface area contributed by atoms with Crippen LogP contribution in [0.3, 0.4) is 0 Å². The van der Waals surface area contributed by atoms with E-state index in [1.807, 2.05) is 18.9 Å². The Labute approximate surface area is 192 Å². The number of guanidine groups is 1. The summed E-state index contributed by atoms with van der Waals surface area (Å²) in [5.74, 6) is 1.48. The number of methoxy groups -OCH3 is 1. The fourth-order valence-electron chi connectivity index (χ4n) is 2.70. The minimum Gasteiger partial charge on any atom is -0.497 e. The molecule has 0 aliphatic heterocycles. The molecule has 0 fully saturated rings. The smallest absolute Gasteiger partial charge is 0.387 e. The molecular formula is C21H28F2IN3O3. The minimum atomic E-state index is -2.84. The van der Waals surface area contributed by atoms with Crippen molar-refractivity contribution in [2.24, 2.45) is 4.99 Å². The Hall–Kier alpha value is -2.14. The molecule has 2 N–H and O–H groups in total. The number of ether oxygens (including phenoxy) is 2. The Balaban J connectivity index is 0.00000450. The van der Waals surface area contributed by atoms with Crippen LogP contribution in [0.1, 0.15) is 24.2 Å². The summed E-state index contributed by atoms with van der Waals surface area (Å²) in [4.78, 5) is 6.41. The Kier molecular flexibility index (Phi) is 11.4. The number of hydrogen-bond acceptors (Lipinski definition) is 4. The third-order valence-corrected chi connectivity index (χ3v) is 4.18. The van der Waals surface area contributed by atoms with Gasteiger partial charge in [0.25, 0.3) is 0 Å². The molecule has 2 rings (SSSR count). The van der Waals surface area contributed by atoms with Crippen molar-refractivity contribution >= 4 is 29.9 Å². The molecule has 30 heavy (non-hydrogen) atoms. The molecule has 0 heterocycles. The number of nitrogens with zero attached hydrogens (tertiary/aromatic N) is 2. The molecule has 0 aromatic heterocycles. The van der Waals surface area contributed by atoms with Crippen molar-refractivity contribution in [1.29, 1.82) is 0 Å². The number of alkyl halides is 2. The van der Waals surface area contributed by atoms with Crippen LogP contribution in [0.4, 0.5) is 8.78 Å². The van der Waals surface area contributed by atoms with Crippen LogP contribution in [0, 0.1) is 0 Å². The van der Waals surface area contributed by atoms with Gasteiger partial charge in [-0.1, -0.05) is 24.3 Å². The van der Waals surface area contributed by atoms with Crippen LogP contribution in [0.2, 0.25) is 0 Å². The molecule has 1 unspecified atom stereocenters. The van der Waals surface area contributed by atoms with Gasteiger partial charge in [-0.05, 0) is 42.3 Å². The number of halogens is 3. The number of rotatable bonds is 9. The summed E-state index contributed by atoms with van der Waals surface area (Å²) in [6.45, 7) is 0.496. The van der Waals surface area contributed by atoms with Gasteiger partial charge in [-0.3, -0.25) is 4.99 Å². The van der Waals surface area contributed by atoms with Crippen molar-refractivity contribution in [3.05, 3.63) is 59.7 Å². The van der Waals surface area contributed by atoms with E-state index >= 15 is 0 Å². The van der Waals surface area contributed by atoms with Crippen molar-refractivity contribution in [2.45, 2.75) is 26.2 Å². The number of hydrogen-bond donors (Lipinski definition) is 2. The van der Waals surface area contributed by atoms with Gasteiger partial charge in [0.05, 0.1) is 19.8 Å². The molecule has 0 saturated heterocycles. The normalized spacial score (nSPS) is 12.2. The summed E-state index contributed by atoms with van der Waals surface area (Å²) >= 11 is 0. The van der Waals surface area contributed by atoms with Gasteiger partial charge in [0.2, 0.25) is 0 Å². The second-order valence-corrected chi connectivity index (χ2v) is 6.36. The Morgan fingerprint density at radius 2 is 1.70 bits per heavy atom. The SMILES string of the molecule is CCNC(=NCC(O)c1ccc(OC)cc1)N(C)Cc1ccc(OC(F)F)cc1.I. The van der Waals surface area contributed by atoms with Gasteiger partial charge >= 0.3 is 6.61 Å². The summed E-state index contributed by atoms with van der Waals surface area (Å²) in [5, 5.41) is 13.6. The first kappa shape index (κ1) is 25.9. The van der Waals surface area contributed by atoms with Crippen molar-refractivity contribution in [3.8, 4) is 11.5 Å². The van der Waals surface area contributed by atoms with Gasteiger partial charge < -0.3 is 24.8 Å². The summed E-state index contributed by atoms with van der Waals surface area (Å²) in [5.41, 5.74) is 1.66. The van der Waals surface area contributed by atoms with Gasteiger partial charge in [0.15, 0.2) is 5.96 Å². The predicted octanol–water partition coefficient (Wildman–Crippen LogP) is 4.05. The maximum Gasteiger partial charge on any atom is 0.387 e. The zero-order valence-electron chi connectivity index (χ0n) is 17.2. The van der Waals surface area contributed by atoms with E-state index in [0.717, 1.165) is 16.9 Å². The van der Waals surface area contributed by atoms with Crippen LogP contribution in [0.5, 0.6) is 11.5 Å². The number of aliphatic hydroxyl groups is 1. The highest BCUT2D eigenvalue weighted by molar-refractivity contribution is 14.0. The first-order valence-electron chi connectivity index (χ1n) is 9.28. The summed E-state index contributed by atoms with van der Waals surface area (Å²) in [7, 11) is 3.46. The second kappa shape index (κ2) is 13.2. The molecule has 0 aliphatic carbocycles. The molecular weight excluding hydrogens is 507 g/mol. The van der Waals surface area contributed by atoms with Gasteiger partial charge in [-0.15, -0.1) is 24.0 Å². The zero-order chi connectivity index (χ0) is 21.2. The fraction of sp³-hybridized carbons (Fsp3) is 0.381. The topological polar surface area (TPSA) is 66.3 Å². The molecule has 1 atom stereocenters. The van der Waals surface area contributed by atoms with E-state index in [2.05, 4.69) is 15.0 Å². The van der Waals surface area contributed by atoms with Gasteiger partial charge in [0.1, 0.15) is 11.5 Å². The largest absolute Gasteiger partial charge is 0.497 e. The maximum absolute atomic E-state index is 12.3. The van der Waals surface area contributed by atoms with Crippen molar-refractivity contribution in [2.75, 3.05) is 27.2 Å². The van der Waals surface area contributed by atoms with Crippen molar-refractivity contribution in [1.82, 2.24) is 10.2 Å². The van der Waals surface area contributed by atoms with E-state index in [4.69, 9.17) is 4.74 Å². The number of benzene rings is 2. The molecule has 166 valence electrons. The van der Waals surface area contributed by atoms with Gasteiger partial charge in [-0.25, -0.2) is 0 Å². The lowest BCUT2D eigenvalue weighted by atomic mass is 10.1. The van der Waals surface area contributed by atoms with Crippen molar-refractivity contribution in [3.63, 3.8) is 0 Å². The molecule has 0 radical (unpaired) electrons. The summed E-state index contributed by atoms with van der Waals surface area (Å²) in [6, 6.07) is 13.7. The quantitative estimate of drug-likeness (QED) is 0.288. The molecule has 0 spiro atoms. The third-order valence-electron chi connectivity index (χ3n) is 4.18. The molecule has 0 saturated carbocycles. The first-order valence-corrected chi connectivity index (χ1v) is 9.28. The fourth-order valence-corrected chi connectivity index (χ4v) is 2.70. The number of aliphatic hydroxyl groups excluding tert-OH is 1. The molecule has 0 bridgehead atoms. The van der Waals surface area contributed by atoms with Crippen LogP contribution in [0.25, 0.3) is 0 Å². The van der Waals surface area contributed by atoms with Crippen molar-refractivity contribution < 1.29 is 23.4 Å². The van der Waals surface area contributed by atoms with Crippen LogP contribution in [0.15, 0.2) is 53.5 Å². The number of nitrogens with one attached hydrogen (secondary N) is 1. The molecule has 0 amide bonds. The standard InChI is InChI=1S/C21H27F2N3O3.HI/c1-4-24-21(25-13-19(27)16-7-11-17(28-3)12-8-16)26(2)14-15-5-9-18(10-6-15)29-20(22)23;/h5-12,19-20,27H,4,13-14H2,1-3H3,(H,24,25);1H. The molecule has 2 aromatic rings. The Bertz CT molecular complexity index is 774. The Morgan fingerprint density at radius 1 is 1.10 bits per heavy atom. The van der Waals surface area contributed by atoms with Crippen LogP contribution in [-0.2, 0) is 6.54 Å². The monoisotopic (exact) mass is 535 g/mol. The van der Waals surface area contributed by atoms with Gasteiger partial charge in [-0.2, -0.15) is 8.78 Å². The lowest BCUT2D eigenvalue weighted by Gasteiger charge is -2.23. The van der Waals surface area contributed by atoms with E-state index < -0.39 is 12.7 Å². The molecule has 2 aromatic carbocycles. The average molecular weight is 535 g/mol. The first-order chi connectivity index (χ1) is 13.9. The highest BCUT2D eigenvalue weighted by Crippen LogP contribution is 2.18. The minimum absolute atomic E-state index is 0. The van der Waals surface area contributed by atoms with E-state index in [9.17, 15) is 13.9 Å². The van der Waals surface area contributed by atoms with Crippen LogP contribution in [-0.4, -0.2) is 49.8 Å². The lowest BCUT2D eigenvalue weighted by Crippen LogP contribution is -2.38. The molecule has 9 heteroatoms. The van der Waals surface area contributed by atoms with E-state index in [0.29, 0.717) is 19.0 Å².